The highest BCUT2D eigenvalue weighted by Crippen LogP contribution is 2.35. The zero-order chi connectivity index (χ0) is 18.9. The molecule has 2 aliphatic rings. The lowest BCUT2D eigenvalue weighted by Gasteiger charge is -2.32. The molecular weight excluding hydrogens is 360 g/mol. The van der Waals surface area contributed by atoms with Crippen LogP contribution >= 0.6 is 11.5 Å². The third-order valence-electron chi connectivity index (χ3n) is 5.51. The Bertz CT molecular complexity index is 778. The Labute approximate surface area is 164 Å². The van der Waals surface area contributed by atoms with E-state index < -0.39 is 0 Å². The summed E-state index contributed by atoms with van der Waals surface area (Å²) >= 11 is 1.37. The Balaban J connectivity index is 1.45. The Morgan fingerprint density at radius 2 is 2.07 bits per heavy atom. The molecular formula is C20H26N4O2S. The minimum atomic E-state index is -0.0793. The van der Waals surface area contributed by atoms with Crippen LogP contribution in [0.5, 0.6) is 0 Å². The molecule has 0 N–H and O–H groups in total. The Hall–Kier alpha value is -1.83. The maximum atomic E-state index is 12.5. The van der Waals surface area contributed by atoms with Crippen molar-refractivity contribution in [2.45, 2.75) is 32.9 Å². The number of carbonyl (C=O) groups is 1. The molecule has 144 valence electrons. The number of hydrogen-bond acceptors (Lipinski definition) is 6. The van der Waals surface area contributed by atoms with Crippen molar-refractivity contribution in [2.75, 3.05) is 32.8 Å². The van der Waals surface area contributed by atoms with Crippen molar-refractivity contribution >= 4 is 17.4 Å². The zero-order valence-corrected chi connectivity index (χ0v) is 16.7. The van der Waals surface area contributed by atoms with Gasteiger partial charge in [-0.15, -0.1) is 5.10 Å². The maximum absolute atomic E-state index is 12.5. The SMILES string of the molecule is CC(C)N1C[C@]2(COCCN(Cc3ccc(-c4csnn4)cc3)C2)CC1=O. The highest BCUT2D eigenvalue weighted by Gasteiger charge is 2.46. The van der Waals surface area contributed by atoms with Crippen LogP contribution in [0.15, 0.2) is 29.6 Å². The van der Waals surface area contributed by atoms with E-state index in [9.17, 15) is 4.79 Å². The average molecular weight is 387 g/mol. The predicted octanol–water partition coefficient (Wildman–Crippen LogP) is 2.66. The van der Waals surface area contributed by atoms with Crippen molar-refractivity contribution in [1.29, 1.82) is 0 Å². The van der Waals surface area contributed by atoms with E-state index in [-0.39, 0.29) is 17.4 Å². The lowest BCUT2D eigenvalue weighted by molar-refractivity contribution is -0.129. The van der Waals surface area contributed by atoms with E-state index >= 15 is 0 Å². The zero-order valence-electron chi connectivity index (χ0n) is 15.9. The standard InChI is InChI=1S/C20H26N4O2S/c1-15(2)24-13-20(9-19(24)25)12-23(7-8-26-14-20)10-16-3-5-17(6-4-16)18-11-27-22-21-18/h3-6,11,15H,7-10,12-14H2,1-2H3/t20-/m0/s1. The van der Waals surface area contributed by atoms with Crippen LogP contribution in [-0.2, 0) is 16.1 Å². The minimum Gasteiger partial charge on any atom is -0.379 e. The molecule has 1 atom stereocenters. The number of benzene rings is 1. The van der Waals surface area contributed by atoms with Gasteiger partial charge in [-0.25, -0.2) is 0 Å². The van der Waals surface area contributed by atoms with Crippen LogP contribution in [0, 0.1) is 5.41 Å². The Morgan fingerprint density at radius 1 is 1.26 bits per heavy atom. The van der Waals surface area contributed by atoms with Gasteiger partial charge in [0.2, 0.25) is 5.91 Å². The number of amides is 1. The first-order valence-electron chi connectivity index (χ1n) is 9.51. The highest BCUT2D eigenvalue weighted by atomic mass is 32.1. The number of hydrogen-bond donors (Lipinski definition) is 0. The molecule has 0 saturated carbocycles. The van der Waals surface area contributed by atoms with Gasteiger partial charge in [0.15, 0.2) is 0 Å². The largest absolute Gasteiger partial charge is 0.379 e. The van der Waals surface area contributed by atoms with Gasteiger partial charge in [-0.2, -0.15) is 0 Å². The van der Waals surface area contributed by atoms with E-state index in [4.69, 9.17) is 4.74 Å². The lowest BCUT2D eigenvalue weighted by Crippen LogP contribution is -2.41. The van der Waals surface area contributed by atoms with Gasteiger partial charge in [-0.05, 0) is 30.9 Å². The van der Waals surface area contributed by atoms with Crippen LogP contribution in [0.1, 0.15) is 25.8 Å². The molecule has 3 heterocycles. The van der Waals surface area contributed by atoms with Gasteiger partial charge in [0.25, 0.3) is 0 Å². The highest BCUT2D eigenvalue weighted by molar-refractivity contribution is 7.03. The van der Waals surface area contributed by atoms with E-state index in [1.54, 1.807) is 0 Å². The van der Waals surface area contributed by atoms with Gasteiger partial charge >= 0.3 is 0 Å². The molecule has 6 nitrogen and oxygen atoms in total. The van der Waals surface area contributed by atoms with Crippen LogP contribution in [0.3, 0.4) is 0 Å². The van der Waals surface area contributed by atoms with Crippen LogP contribution in [0.4, 0.5) is 0 Å². The molecule has 2 aromatic rings. The number of likely N-dealkylation sites (tertiary alicyclic amines) is 1. The lowest BCUT2D eigenvalue weighted by atomic mass is 9.87. The molecule has 0 aliphatic carbocycles. The molecule has 1 spiro atoms. The minimum absolute atomic E-state index is 0.0793. The third kappa shape index (κ3) is 4.05. The molecule has 0 unspecified atom stereocenters. The van der Waals surface area contributed by atoms with Crippen molar-refractivity contribution in [3.05, 3.63) is 35.2 Å². The van der Waals surface area contributed by atoms with Gasteiger partial charge in [0, 0.05) is 55.0 Å². The van der Waals surface area contributed by atoms with Gasteiger partial charge < -0.3 is 9.64 Å². The van der Waals surface area contributed by atoms with Gasteiger partial charge in [0.1, 0.15) is 5.69 Å². The summed E-state index contributed by atoms with van der Waals surface area (Å²) < 4.78 is 9.84. The van der Waals surface area contributed by atoms with Gasteiger partial charge in [0.05, 0.1) is 13.2 Å². The summed E-state index contributed by atoms with van der Waals surface area (Å²) in [7, 11) is 0. The van der Waals surface area contributed by atoms with Crippen LogP contribution in [0.25, 0.3) is 11.3 Å². The number of carbonyl (C=O) groups excluding carboxylic acids is 1. The quantitative estimate of drug-likeness (QED) is 0.809. The van der Waals surface area contributed by atoms with Crippen molar-refractivity contribution < 1.29 is 9.53 Å². The van der Waals surface area contributed by atoms with E-state index in [1.165, 1.54) is 17.1 Å². The maximum Gasteiger partial charge on any atom is 0.223 e. The second kappa shape index (κ2) is 7.66. The van der Waals surface area contributed by atoms with E-state index in [2.05, 4.69) is 52.6 Å². The third-order valence-corrected chi connectivity index (χ3v) is 6.02. The smallest absolute Gasteiger partial charge is 0.223 e. The van der Waals surface area contributed by atoms with Crippen molar-refractivity contribution in [1.82, 2.24) is 19.4 Å². The summed E-state index contributed by atoms with van der Waals surface area (Å²) in [5.74, 6) is 0.261. The summed E-state index contributed by atoms with van der Waals surface area (Å²) in [5, 5.41) is 6.09. The monoisotopic (exact) mass is 386 g/mol. The first-order chi connectivity index (χ1) is 13.0. The molecule has 2 aliphatic heterocycles. The molecule has 0 radical (unpaired) electrons. The fourth-order valence-electron chi connectivity index (χ4n) is 4.15. The van der Waals surface area contributed by atoms with E-state index in [0.29, 0.717) is 13.0 Å². The molecule has 27 heavy (non-hydrogen) atoms. The van der Waals surface area contributed by atoms with Crippen molar-refractivity contribution in [3.8, 4) is 11.3 Å². The first kappa shape index (κ1) is 18.5. The van der Waals surface area contributed by atoms with Crippen molar-refractivity contribution in [2.24, 2.45) is 5.41 Å². The molecule has 2 saturated heterocycles. The summed E-state index contributed by atoms with van der Waals surface area (Å²) in [6.07, 6.45) is 0.595. The number of aromatic nitrogens is 2. The van der Waals surface area contributed by atoms with Gasteiger partial charge in [-0.1, -0.05) is 28.8 Å². The summed E-state index contributed by atoms with van der Waals surface area (Å²) in [6.45, 7) is 9.05. The van der Waals surface area contributed by atoms with Crippen LogP contribution in [0.2, 0.25) is 0 Å². The molecule has 1 aromatic carbocycles. The average Bonchev–Trinajstić information content (AvgIpc) is 3.23. The fraction of sp³-hybridized carbons (Fsp3) is 0.550. The molecule has 1 aromatic heterocycles. The Morgan fingerprint density at radius 3 is 2.74 bits per heavy atom. The van der Waals surface area contributed by atoms with Crippen LogP contribution in [-0.4, -0.2) is 64.2 Å². The summed E-state index contributed by atoms with van der Waals surface area (Å²) in [4.78, 5) is 16.9. The normalized spacial score (nSPS) is 24.1. The Kier molecular flexibility index (Phi) is 5.25. The van der Waals surface area contributed by atoms with E-state index in [0.717, 1.165) is 44.0 Å². The molecule has 0 bridgehead atoms. The number of ether oxygens (including phenoxy) is 1. The van der Waals surface area contributed by atoms with Gasteiger partial charge in [-0.3, -0.25) is 9.69 Å². The molecule has 4 rings (SSSR count). The summed E-state index contributed by atoms with van der Waals surface area (Å²) in [6, 6.07) is 8.79. The summed E-state index contributed by atoms with van der Waals surface area (Å²) in [5.41, 5.74) is 3.21. The second-order valence-corrected chi connectivity index (χ2v) is 8.65. The fourth-order valence-corrected chi connectivity index (χ4v) is 4.61. The predicted molar refractivity (Wildman–Crippen MR) is 105 cm³/mol. The van der Waals surface area contributed by atoms with E-state index in [1.807, 2.05) is 10.3 Å². The van der Waals surface area contributed by atoms with Crippen molar-refractivity contribution in [3.63, 3.8) is 0 Å². The van der Waals surface area contributed by atoms with Crippen LogP contribution < -0.4 is 0 Å². The molecule has 1 amide bonds. The first-order valence-corrected chi connectivity index (χ1v) is 10.3. The topological polar surface area (TPSA) is 58.6 Å². The number of rotatable bonds is 4. The molecule has 2 fully saturated rings. The second-order valence-electron chi connectivity index (χ2n) is 8.04. The number of nitrogens with zero attached hydrogens (tertiary/aromatic N) is 4. The molecule has 7 heteroatoms.